The first kappa shape index (κ1) is 16.2. The van der Waals surface area contributed by atoms with Gasteiger partial charge in [0.25, 0.3) is 0 Å². The Kier molecular flexibility index (Phi) is 6.45. The molecule has 1 aromatic carbocycles. The summed E-state index contributed by atoms with van der Waals surface area (Å²) < 4.78 is 0.630. The Balaban J connectivity index is 1.73. The highest BCUT2D eigenvalue weighted by Crippen LogP contribution is 2.20. The number of nitrogens with one attached hydrogen (secondary N) is 1. The molecule has 0 fully saturated rings. The second-order valence-corrected chi connectivity index (χ2v) is 6.55. The number of anilines is 1. The molecule has 1 unspecified atom stereocenters. The monoisotopic (exact) mass is 338 g/mol. The molecule has 2 rings (SSSR count). The third kappa shape index (κ3) is 5.63. The maximum Gasteiger partial charge on any atom is 0.139 e. The van der Waals surface area contributed by atoms with Gasteiger partial charge in [0.1, 0.15) is 10.1 Å². The summed E-state index contributed by atoms with van der Waals surface area (Å²) in [7, 11) is 0. The normalized spacial score (nSPS) is 11.9. The first-order valence-electron chi connectivity index (χ1n) is 6.43. The van der Waals surface area contributed by atoms with Crippen molar-refractivity contribution in [2.45, 2.75) is 12.5 Å². The molecule has 0 aliphatic heterocycles. The number of thiocarbonyl (C=S) groups is 1. The van der Waals surface area contributed by atoms with E-state index in [1.54, 1.807) is 18.3 Å². The van der Waals surface area contributed by atoms with E-state index in [1.807, 2.05) is 30.3 Å². The van der Waals surface area contributed by atoms with E-state index in [4.69, 9.17) is 23.8 Å². The lowest BCUT2D eigenvalue weighted by Crippen LogP contribution is -2.08. The molecule has 1 atom stereocenters. The molecule has 0 saturated heterocycles. The molecule has 110 valence electrons. The number of benzene rings is 1. The summed E-state index contributed by atoms with van der Waals surface area (Å²) in [5.74, 6) is 1.40. The molecule has 2 N–H and O–H groups in total. The third-order valence-corrected chi connectivity index (χ3v) is 4.25. The Morgan fingerprint density at radius 3 is 2.71 bits per heavy atom. The van der Waals surface area contributed by atoms with Crippen molar-refractivity contribution >= 4 is 45.7 Å². The molecule has 0 aliphatic carbocycles. The fourth-order valence-corrected chi connectivity index (χ4v) is 2.87. The van der Waals surface area contributed by atoms with E-state index < -0.39 is 6.10 Å². The van der Waals surface area contributed by atoms with Crippen molar-refractivity contribution in [3.8, 4) is 0 Å². The molecule has 0 aliphatic rings. The van der Waals surface area contributed by atoms with Gasteiger partial charge >= 0.3 is 0 Å². The van der Waals surface area contributed by atoms with E-state index in [9.17, 15) is 5.11 Å². The average molecular weight is 339 g/mol. The van der Waals surface area contributed by atoms with Gasteiger partial charge in [-0.1, -0.05) is 65.9 Å². The summed E-state index contributed by atoms with van der Waals surface area (Å²) >= 11 is 12.5. The lowest BCUT2D eigenvalue weighted by atomic mass is 10.1. The second-order valence-electron chi connectivity index (χ2n) is 4.34. The van der Waals surface area contributed by atoms with Gasteiger partial charge in [-0.2, -0.15) is 0 Å². The summed E-state index contributed by atoms with van der Waals surface area (Å²) in [4.78, 5) is 4.12. The lowest BCUT2D eigenvalue weighted by Gasteiger charge is -2.11. The summed E-state index contributed by atoms with van der Waals surface area (Å²) in [5, 5.41) is 13.7. The van der Waals surface area contributed by atoms with Crippen molar-refractivity contribution in [3.63, 3.8) is 0 Å². The number of hydrogen-bond donors (Lipinski definition) is 2. The summed E-state index contributed by atoms with van der Waals surface area (Å²) in [6.45, 7) is 0. The van der Waals surface area contributed by atoms with Gasteiger partial charge in [-0.25, -0.2) is 4.98 Å². The van der Waals surface area contributed by atoms with Crippen LogP contribution in [0.3, 0.4) is 0 Å². The van der Waals surface area contributed by atoms with Crippen LogP contribution in [0.5, 0.6) is 0 Å². The number of aromatic nitrogens is 1. The molecule has 21 heavy (non-hydrogen) atoms. The van der Waals surface area contributed by atoms with Gasteiger partial charge in [0.05, 0.1) is 11.1 Å². The predicted molar refractivity (Wildman–Crippen MR) is 93.9 cm³/mol. The number of halogens is 1. The highest BCUT2D eigenvalue weighted by Gasteiger charge is 2.07. The van der Waals surface area contributed by atoms with Crippen molar-refractivity contribution in [2.24, 2.45) is 0 Å². The van der Waals surface area contributed by atoms with Crippen molar-refractivity contribution < 1.29 is 5.11 Å². The van der Waals surface area contributed by atoms with E-state index >= 15 is 0 Å². The molecule has 1 aromatic heterocycles. The number of rotatable bonds is 5. The molecule has 0 radical (unpaired) electrons. The second kappa shape index (κ2) is 8.34. The van der Waals surface area contributed by atoms with Crippen molar-refractivity contribution in [1.29, 1.82) is 0 Å². The van der Waals surface area contributed by atoms with Gasteiger partial charge in [-0.15, -0.1) is 0 Å². The van der Waals surface area contributed by atoms with Crippen molar-refractivity contribution in [1.82, 2.24) is 4.98 Å². The largest absolute Gasteiger partial charge is 0.388 e. The summed E-state index contributed by atoms with van der Waals surface area (Å²) in [5.41, 5.74) is 0.927. The number of aliphatic hydroxyl groups excluding tert-OH is 1. The van der Waals surface area contributed by atoms with E-state index in [0.29, 0.717) is 21.6 Å². The van der Waals surface area contributed by atoms with Crippen LogP contribution < -0.4 is 5.32 Å². The molecule has 1 heterocycles. The van der Waals surface area contributed by atoms with Crippen LogP contribution in [0.4, 0.5) is 5.82 Å². The fraction of sp³-hybridized carbons (Fsp3) is 0.200. The zero-order chi connectivity index (χ0) is 15.1. The van der Waals surface area contributed by atoms with Crippen LogP contribution in [-0.2, 0) is 0 Å². The van der Waals surface area contributed by atoms with Crippen LogP contribution in [0.1, 0.15) is 18.1 Å². The van der Waals surface area contributed by atoms with Gasteiger partial charge in [0.2, 0.25) is 0 Å². The minimum Gasteiger partial charge on any atom is -0.388 e. The van der Waals surface area contributed by atoms with E-state index in [0.717, 1.165) is 11.3 Å². The lowest BCUT2D eigenvalue weighted by molar-refractivity contribution is 0.175. The van der Waals surface area contributed by atoms with Crippen molar-refractivity contribution in [2.75, 3.05) is 11.1 Å². The molecule has 3 nitrogen and oxygen atoms in total. The topological polar surface area (TPSA) is 45.1 Å². The van der Waals surface area contributed by atoms with Crippen LogP contribution in [0.2, 0.25) is 5.02 Å². The smallest absolute Gasteiger partial charge is 0.139 e. The zero-order valence-electron chi connectivity index (χ0n) is 11.2. The van der Waals surface area contributed by atoms with Crippen molar-refractivity contribution in [3.05, 3.63) is 59.2 Å². The van der Waals surface area contributed by atoms with Crippen LogP contribution >= 0.6 is 35.6 Å². The molecule has 0 amide bonds. The number of thioether (sulfide) groups is 1. The Bertz CT molecular complexity index is 578. The van der Waals surface area contributed by atoms with Gasteiger partial charge in [-0.3, -0.25) is 0 Å². The zero-order valence-corrected chi connectivity index (χ0v) is 13.6. The quantitative estimate of drug-likeness (QED) is 0.796. The van der Waals surface area contributed by atoms with Crippen LogP contribution in [0.15, 0.2) is 48.7 Å². The van der Waals surface area contributed by atoms with E-state index in [-0.39, 0.29) is 0 Å². The maximum atomic E-state index is 10.0. The SMILES string of the molecule is OC(CCSC(=S)Nc1ccc(Cl)cn1)c1ccccc1. The minimum atomic E-state index is -0.463. The molecule has 0 bridgehead atoms. The first-order valence-corrected chi connectivity index (χ1v) is 8.20. The molecule has 0 spiro atoms. The Hall–Kier alpha value is -1.14. The first-order chi connectivity index (χ1) is 10.1. The Morgan fingerprint density at radius 2 is 2.05 bits per heavy atom. The van der Waals surface area contributed by atoms with Crippen LogP contribution in [0, 0.1) is 0 Å². The highest BCUT2D eigenvalue weighted by atomic mass is 35.5. The summed E-state index contributed by atoms with van der Waals surface area (Å²) in [6, 6.07) is 13.1. The molecular weight excluding hydrogens is 324 g/mol. The minimum absolute atomic E-state index is 0.463. The average Bonchev–Trinajstić information content (AvgIpc) is 2.50. The highest BCUT2D eigenvalue weighted by molar-refractivity contribution is 8.23. The standard InChI is InChI=1S/C15H15ClN2OS2/c16-12-6-7-14(17-10-12)18-15(20)21-9-8-13(19)11-4-2-1-3-5-11/h1-7,10,13,19H,8-9H2,(H,17,18,20). The Morgan fingerprint density at radius 1 is 1.29 bits per heavy atom. The van der Waals surface area contributed by atoms with E-state index in [2.05, 4.69) is 10.3 Å². The van der Waals surface area contributed by atoms with Crippen LogP contribution in [-0.4, -0.2) is 20.2 Å². The number of aliphatic hydroxyl groups is 1. The number of hydrogen-bond acceptors (Lipinski definition) is 4. The third-order valence-electron chi connectivity index (χ3n) is 2.77. The number of pyridine rings is 1. The fourth-order valence-electron chi connectivity index (χ4n) is 1.70. The number of nitrogens with zero attached hydrogens (tertiary/aromatic N) is 1. The van der Waals surface area contributed by atoms with Gasteiger partial charge in [0.15, 0.2) is 0 Å². The molecule has 2 aromatic rings. The molecular formula is C15H15ClN2OS2. The van der Waals surface area contributed by atoms with Gasteiger partial charge < -0.3 is 10.4 Å². The van der Waals surface area contributed by atoms with Gasteiger partial charge in [-0.05, 0) is 24.1 Å². The Labute approximate surface area is 138 Å². The molecule has 6 heteroatoms. The van der Waals surface area contributed by atoms with Crippen LogP contribution in [0.25, 0.3) is 0 Å². The van der Waals surface area contributed by atoms with E-state index in [1.165, 1.54) is 11.8 Å². The summed E-state index contributed by atoms with van der Waals surface area (Å²) in [6.07, 6.45) is 1.75. The maximum absolute atomic E-state index is 10.0. The van der Waals surface area contributed by atoms with Gasteiger partial charge in [0, 0.05) is 11.9 Å². The predicted octanol–water partition coefficient (Wildman–Crippen LogP) is 4.29. The molecule has 0 saturated carbocycles.